The van der Waals surface area contributed by atoms with Gasteiger partial charge < -0.3 is 16.2 Å². The van der Waals surface area contributed by atoms with E-state index in [0.29, 0.717) is 23.3 Å². The first-order chi connectivity index (χ1) is 11.0. The zero-order chi connectivity index (χ0) is 16.8. The van der Waals surface area contributed by atoms with Crippen molar-refractivity contribution in [2.75, 3.05) is 0 Å². The molecule has 0 aliphatic rings. The Morgan fingerprint density at radius 2 is 1.78 bits per heavy atom. The van der Waals surface area contributed by atoms with Crippen molar-refractivity contribution in [3.8, 4) is 0 Å². The minimum Gasteiger partial charge on any atom is -0.384 e. The molecule has 2 aromatic carbocycles. The molecule has 120 valence electrons. The Morgan fingerprint density at radius 3 is 2.35 bits per heavy atom. The van der Waals surface area contributed by atoms with E-state index in [-0.39, 0.29) is 24.7 Å². The number of nitro benzene ring substituents is 1. The number of nitrogens with two attached hydrogens (primary N) is 2. The first-order valence-corrected chi connectivity index (χ1v) is 6.98. The van der Waals surface area contributed by atoms with E-state index in [0.717, 1.165) is 5.56 Å². The third kappa shape index (κ3) is 4.35. The van der Waals surface area contributed by atoms with Gasteiger partial charge in [-0.05, 0) is 17.2 Å². The lowest BCUT2D eigenvalue weighted by Gasteiger charge is -2.07. The van der Waals surface area contributed by atoms with Crippen molar-refractivity contribution in [2.45, 2.75) is 19.8 Å². The number of nitrogen functional groups attached to an aromatic ring is 1. The molecule has 0 fully saturated rings. The minimum absolute atomic E-state index is 0.00749. The second kappa shape index (κ2) is 7.48. The van der Waals surface area contributed by atoms with E-state index in [9.17, 15) is 10.1 Å². The summed E-state index contributed by atoms with van der Waals surface area (Å²) in [7, 11) is 0. The van der Waals surface area contributed by atoms with Crippen LogP contribution in [0.25, 0.3) is 0 Å². The Bertz CT molecular complexity index is 714. The molecule has 0 heterocycles. The second-order valence-electron chi connectivity index (χ2n) is 5.03. The third-order valence-corrected chi connectivity index (χ3v) is 3.37. The van der Waals surface area contributed by atoms with Crippen LogP contribution in [0.4, 0.5) is 5.69 Å². The van der Waals surface area contributed by atoms with Crippen LogP contribution in [-0.2, 0) is 24.5 Å². The molecule has 0 saturated carbocycles. The van der Waals surface area contributed by atoms with Crippen LogP contribution >= 0.6 is 0 Å². The van der Waals surface area contributed by atoms with Gasteiger partial charge in [0.1, 0.15) is 5.84 Å². The minimum atomic E-state index is -0.431. The number of nitro groups is 1. The number of ether oxygens (including phenoxy) is 1. The molecule has 0 aliphatic heterocycles. The normalized spacial score (nSPS) is 10.5. The van der Waals surface area contributed by atoms with Gasteiger partial charge in [0.15, 0.2) is 0 Å². The Balaban J connectivity index is 2.00. The summed E-state index contributed by atoms with van der Waals surface area (Å²) in [5.74, 6) is 0.00749. The smallest absolute Gasteiger partial charge is 0.275 e. The summed E-state index contributed by atoms with van der Waals surface area (Å²) < 4.78 is 5.55. The largest absolute Gasteiger partial charge is 0.384 e. The first-order valence-electron chi connectivity index (χ1n) is 6.98. The van der Waals surface area contributed by atoms with E-state index in [1.54, 1.807) is 24.3 Å². The summed E-state index contributed by atoms with van der Waals surface area (Å²) in [4.78, 5) is 10.7. The molecular formula is C16H18N4O3. The average Bonchev–Trinajstić information content (AvgIpc) is 2.55. The summed E-state index contributed by atoms with van der Waals surface area (Å²) in [6.07, 6.45) is 0. The summed E-state index contributed by atoms with van der Waals surface area (Å²) >= 11 is 0. The molecule has 0 amide bonds. The second-order valence-corrected chi connectivity index (χ2v) is 5.03. The summed E-state index contributed by atoms with van der Waals surface area (Å²) in [6.45, 7) is 0.702. The van der Waals surface area contributed by atoms with Gasteiger partial charge in [0, 0.05) is 18.2 Å². The van der Waals surface area contributed by atoms with Crippen molar-refractivity contribution in [3.05, 3.63) is 74.8 Å². The van der Waals surface area contributed by atoms with Crippen LogP contribution in [0.1, 0.15) is 22.3 Å². The van der Waals surface area contributed by atoms with Gasteiger partial charge in [0.2, 0.25) is 0 Å². The molecule has 0 aliphatic carbocycles. The van der Waals surface area contributed by atoms with Gasteiger partial charge in [0.05, 0.1) is 23.7 Å². The molecule has 0 atom stereocenters. The maximum Gasteiger partial charge on any atom is 0.275 e. The predicted molar refractivity (Wildman–Crippen MR) is 86.9 cm³/mol. The van der Waals surface area contributed by atoms with Crippen LogP contribution in [0.2, 0.25) is 0 Å². The molecule has 0 aromatic heterocycles. The lowest BCUT2D eigenvalue weighted by molar-refractivity contribution is -0.386. The molecule has 2 aromatic rings. The van der Waals surface area contributed by atoms with E-state index in [1.807, 2.05) is 12.1 Å². The summed E-state index contributed by atoms with van der Waals surface area (Å²) in [5, 5.41) is 18.4. The number of nitrogens with one attached hydrogen (secondary N) is 1. The Hall–Kier alpha value is -2.77. The molecule has 0 bridgehead atoms. The number of benzene rings is 2. The lowest BCUT2D eigenvalue weighted by atomic mass is 10.1. The van der Waals surface area contributed by atoms with Crippen molar-refractivity contribution < 1.29 is 9.66 Å². The van der Waals surface area contributed by atoms with Crippen LogP contribution in [0.3, 0.4) is 0 Å². The SMILES string of the molecule is N=C(N)c1ccc(COCc2ccc(CN)cc2[N+](=O)[O-])cc1. The average molecular weight is 314 g/mol. The van der Waals surface area contributed by atoms with Crippen LogP contribution in [0.5, 0.6) is 0 Å². The van der Waals surface area contributed by atoms with Crippen LogP contribution in [0.15, 0.2) is 42.5 Å². The fourth-order valence-corrected chi connectivity index (χ4v) is 2.09. The third-order valence-electron chi connectivity index (χ3n) is 3.37. The van der Waals surface area contributed by atoms with Gasteiger partial charge in [-0.3, -0.25) is 15.5 Å². The molecular weight excluding hydrogens is 296 g/mol. The Morgan fingerprint density at radius 1 is 1.13 bits per heavy atom. The van der Waals surface area contributed by atoms with Crippen molar-refractivity contribution in [2.24, 2.45) is 11.5 Å². The molecule has 23 heavy (non-hydrogen) atoms. The summed E-state index contributed by atoms with van der Waals surface area (Å²) in [6, 6.07) is 12.0. The van der Waals surface area contributed by atoms with E-state index in [2.05, 4.69) is 0 Å². The Kier molecular flexibility index (Phi) is 5.40. The molecule has 7 heteroatoms. The van der Waals surface area contributed by atoms with E-state index in [1.165, 1.54) is 6.07 Å². The number of nitrogens with zero attached hydrogens (tertiary/aromatic N) is 1. The quantitative estimate of drug-likeness (QED) is 0.312. The first kappa shape index (κ1) is 16.6. The highest BCUT2D eigenvalue weighted by Gasteiger charge is 2.14. The molecule has 2 rings (SSSR count). The maximum atomic E-state index is 11.1. The van der Waals surface area contributed by atoms with Crippen LogP contribution < -0.4 is 11.5 Å². The van der Waals surface area contributed by atoms with E-state index >= 15 is 0 Å². The van der Waals surface area contributed by atoms with Crippen LogP contribution in [-0.4, -0.2) is 10.8 Å². The number of hydrogen-bond acceptors (Lipinski definition) is 5. The zero-order valence-corrected chi connectivity index (χ0v) is 12.5. The van der Waals surface area contributed by atoms with Crippen molar-refractivity contribution >= 4 is 11.5 Å². The van der Waals surface area contributed by atoms with Gasteiger partial charge in [-0.2, -0.15) is 0 Å². The van der Waals surface area contributed by atoms with Crippen molar-refractivity contribution in [1.29, 1.82) is 5.41 Å². The highest BCUT2D eigenvalue weighted by molar-refractivity contribution is 5.94. The van der Waals surface area contributed by atoms with Crippen molar-refractivity contribution in [3.63, 3.8) is 0 Å². The predicted octanol–water partition coefficient (Wildman–Crippen LogP) is 2.05. The molecule has 0 unspecified atom stereocenters. The molecule has 0 saturated heterocycles. The fraction of sp³-hybridized carbons (Fsp3) is 0.188. The van der Waals surface area contributed by atoms with Gasteiger partial charge in [-0.25, -0.2) is 0 Å². The molecule has 0 radical (unpaired) electrons. The molecule has 5 N–H and O–H groups in total. The molecule has 7 nitrogen and oxygen atoms in total. The summed E-state index contributed by atoms with van der Waals surface area (Å²) in [5.41, 5.74) is 13.7. The highest BCUT2D eigenvalue weighted by Crippen LogP contribution is 2.21. The zero-order valence-electron chi connectivity index (χ0n) is 12.5. The number of hydrogen-bond donors (Lipinski definition) is 3. The topological polar surface area (TPSA) is 128 Å². The van der Waals surface area contributed by atoms with Gasteiger partial charge in [0.25, 0.3) is 5.69 Å². The van der Waals surface area contributed by atoms with Crippen molar-refractivity contribution in [1.82, 2.24) is 0 Å². The lowest BCUT2D eigenvalue weighted by Crippen LogP contribution is -2.10. The van der Waals surface area contributed by atoms with Gasteiger partial charge >= 0.3 is 0 Å². The monoisotopic (exact) mass is 314 g/mol. The van der Waals surface area contributed by atoms with E-state index < -0.39 is 4.92 Å². The van der Waals surface area contributed by atoms with Gasteiger partial charge in [-0.15, -0.1) is 0 Å². The highest BCUT2D eigenvalue weighted by atomic mass is 16.6. The fourth-order valence-electron chi connectivity index (χ4n) is 2.09. The van der Waals surface area contributed by atoms with Crippen LogP contribution in [0, 0.1) is 15.5 Å². The number of amidine groups is 1. The van der Waals surface area contributed by atoms with Gasteiger partial charge in [-0.1, -0.05) is 30.3 Å². The molecule has 0 spiro atoms. The Labute approximate surface area is 133 Å². The maximum absolute atomic E-state index is 11.1. The van der Waals surface area contributed by atoms with E-state index in [4.69, 9.17) is 21.6 Å². The number of rotatable bonds is 7. The standard InChI is InChI=1S/C16H18N4O3/c17-8-12-3-6-14(15(7-12)20(21)22)10-23-9-11-1-4-13(5-2-11)16(18)19/h1-7H,8-10,17H2,(H3,18,19).